The Balaban J connectivity index is 1.56. The molecule has 1 aromatic carbocycles. The number of ether oxygens (including phenoxy) is 2. The molecule has 8 nitrogen and oxygen atoms in total. The minimum absolute atomic E-state index is 0.0399. The molecule has 2 aromatic rings. The second kappa shape index (κ2) is 9.44. The molecule has 33 heavy (non-hydrogen) atoms. The van der Waals surface area contributed by atoms with Crippen LogP contribution < -0.4 is 9.46 Å². The van der Waals surface area contributed by atoms with E-state index in [4.69, 9.17) is 9.47 Å². The van der Waals surface area contributed by atoms with Crippen molar-refractivity contribution in [3.8, 4) is 5.75 Å². The van der Waals surface area contributed by atoms with Crippen molar-refractivity contribution < 1.29 is 27.5 Å². The maximum Gasteiger partial charge on any atom is 0.340 e. The fourth-order valence-electron chi connectivity index (χ4n) is 4.14. The van der Waals surface area contributed by atoms with Gasteiger partial charge in [-0.25, -0.2) is 17.9 Å². The lowest BCUT2D eigenvalue weighted by Crippen LogP contribution is -2.43. The van der Waals surface area contributed by atoms with Crippen LogP contribution >= 0.6 is 11.3 Å². The lowest BCUT2D eigenvalue weighted by atomic mass is 10.0. The molecular formula is C23H28N2O6S2. The third-order valence-corrected chi connectivity index (χ3v) is 9.10. The zero-order chi connectivity index (χ0) is 23.8. The minimum Gasteiger partial charge on any atom is -0.480 e. The SMILES string of the molecule is COC(=O)c1c(S(=O)(=O)NCCC(C)C)sc2c1CCN(C(=O)[C@@H]1Cc3ccccc3O1)C2. The number of carbonyl (C=O) groups is 2. The molecule has 0 spiro atoms. The fourth-order valence-corrected chi connectivity index (χ4v) is 7.13. The number of fused-ring (bicyclic) bond motifs is 2. The minimum atomic E-state index is -3.89. The monoisotopic (exact) mass is 492 g/mol. The van der Waals surface area contributed by atoms with E-state index in [0.717, 1.165) is 22.6 Å². The number of rotatable bonds is 7. The first kappa shape index (κ1) is 23.7. The van der Waals surface area contributed by atoms with Gasteiger partial charge in [-0.3, -0.25) is 4.79 Å². The molecule has 3 heterocycles. The molecule has 0 fully saturated rings. The molecule has 1 amide bonds. The summed E-state index contributed by atoms with van der Waals surface area (Å²) >= 11 is 1.04. The van der Waals surface area contributed by atoms with Crippen molar-refractivity contribution in [2.75, 3.05) is 20.2 Å². The Morgan fingerprint density at radius 3 is 2.76 bits per heavy atom. The average molecular weight is 493 g/mol. The molecule has 0 aliphatic carbocycles. The molecule has 2 aliphatic heterocycles. The van der Waals surface area contributed by atoms with Crippen LogP contribution in [-0.2, 0) is 38.9 Å². The van der Waals surface area contributed by atoms with Gasteiger partial charge in [0.25, 0.3) is 15.9 Å². The van der Waals surface area contributed by atoms with Gasteiger partial charge in [-0.1, -0.05) is 32.0 Å². The number of carbonyl (C=O) groups excluding carboxylic acids is 2. The molecule has 1 N–H and O–H groups in total. The quantitative estimate of drug-likeness (QED) is 0.597. The second-order valence-corrected chi connectivity index (χ2v) is 11.7. The average Bonchev–Trinajstić information content (AvgIpc) is 3.39. The molecule has 1 atom stereocenters. The van der Waals surface area contributed by atoms with E-state index in [1.54, 1.807) is 4.90 Å². The molecule has 2 aliphatic rings. The third kappa shape index (κ3) is 4.78. The van der Waals surface area contributed by atoms with Gasteiger partial charge >= 0.3 is 5.97 Å². The van der Waals surface area contributed by atoms with Crippen LogP contribution in [0.3, 0.4) is 0 Å². The highest BCUT2D eigenvalue weighted by Gasteiger charge is 2.38. The lowest BCUT2D eigenvalue weighted by molar-refractivity contribution is -0.138. The summed E-state index contributed by atoms with van der Waals surface area (Å²) in [4.78, 5) is 28.1. The first-order valence-corrected chi connectivity index (χ1v) is 13.3. The number of hydrogen-bond acceptors (Lipinski definition) is 7. The van der Waals surface area contributed by atoms with Crippen LogP contribution in [0.2, 0.25) is 0 Å². The molecular weight excluding hydrogens is 464 g/mol. The third-order valence-electron chi connectivity index (χ3n) is 5.91. The number of nitrogens with zero attached hydrogens (tertiary/aromatic N) is 1. The molecule has 0 saturated carbocycles. The van der Waals surface area contributed by atoms with E-state index in [1.165, 1.54) is 7.11 Å². The molecule has 10 heteroatoms. The van der Waals surface area contributed by atoms with Gasteiger partial charge in [0.15, 0.2) is 6.10 Å². The van der Waals surface area contributed by atoms with E-state index in [-0.39, 0.29) is 28.8 Å². The standard InChI is InChI=1S/C23H28N2O6S2/c1-14(2)8-10-24-33(28,29)23-20(22(27)30-3)16-9-11-25(13-19(16)32-23)21(26)18-12-15-6-4-5-7-17(15)31-18/h4-7,14,18,24H,8-13H2,1-3H3/t18-/m0/s1. The van der Waals surface area contributed by atoms with Crippen LogP contribution in [0.4, 0.5) is 0 Å². The number of thiophene rings is 1. The van der Waals surface area contributed by atoms with Crippen LogP contribution in [0.15, 0.2) is 28.5 Å². The maximum absolute atomic E-state index is 13.1. The van der Waals surface area contributed by atoms with Gasteiger partial charge in [0.2, 0.25) is 0 Å². The number of benzene rings is 1. The Bertz CT molecular complexity index is 1150. The number of methoxy groups -OCH3 is 1. The van der Waals surface area contributed by atoms with E-state index in [0.29, 0.717) is 42.2 Å². The van der Waals surface area contributed by atoms with Gasteiger partial charge in [0.05, 0.1) is 19.2 Å². The summed E-state index contributed by atoms with van der Waals surface area (Å²) in [7, 11) is -2.65. The molecule has 0 bridgehead atoms. The Labute approximate surface area is 197 Å². The highest BCUT2D eigenvalue weighted by Crippen LogP contribution is 2.37. The Morgan fingerprint density at radius 2 is 2.06 bits per heavy atom. The largest absolute Gasteiger partial charge is 0.480 e. The van der Waals surface area contributed by atoms with Crippen molar-refractivity contribution in [2.24, 2.45) is 5.92 Å². The van der Waals surface area contributed by atoms with Crippen LogP contribution in [0.1, 0.15) is 46.6 Å². The number of amides is 1. The number of nitrogens with one attached hydrogen (secondary N) is 1. The zero-order valence-electron chi connectivity index (χ0n) is 18.9. The number of para-hydroxylation sites is 1. The van der Waals surface area contributed by atoms with E-state index >= 15 is 0 Å². The summed E-state index contributed by atoms with van der Waals surface area (Å²) in [6.45, 7) is 4.92. The molecule has 4 rings (SSSR count). The van der Waals surface area contributed by atoms with Gasteiger partial charge in [-0.15, -0.1) is 11.3 Å². The van der Waals surface area contributed by atoms with Gasteiger partial charge in [-0.2, -0.15) is 0 Å². The summed E-state index contributed by atoms with van der Waals surface area (Å²) < 4.78 is 39.3. The Hall–Kier alpha value is -2.43. The molecule has 0 unspecified atom stereocenters. The van der Waals surface area contributed by atoms with Crippen molar-refractivity contribution in [3.05, 3.63) is 45.8 Å². The molecule has 0 radical (unpaired) electrons. The smallest absolute Gasteiger partial charge is 0.340 e. The lowest BCUT2D eigenvalue weighted by Gasteiger charge is -2.29. The first-order valence-electron chi connectivity index (χ1n) is 11.0. The number of sulfonamides is 1. The topological polar surface area (TPSA) is 102 Å². The van der Waals surface area contributed by atoms with E-state index < -0.39 is 22.1 Å². The first-order chi connectivity index (χ1) is 15.7. The second-order valence-electron chi connectivity index (χ2n) is 8.67. The van der Waals surface area contributed by atoms with Crippen LogP contribution in [0.25, 0.3) is 0 Å². The Morgan fingerprint density at radius 1 is 1.30 bits per heavy atom. The number of hydrogen-bond donors (Lipinski definition) is 1. The normalized spacial score (nSPS) is 17.5. The van der Waals surface area contributed by atoms with Crippen molar-refractivity contribution in [3.63, 3.8) is 0 Å². The molecule has 178 valence electrons. The predicted octanol–water partition coefficient (Wildman–Crippen LogP) is 2.75. The summed E-state index contributed by atoms with van der Waals surface area (Å²) in [5.41, 5.74) is 1.74. The van der Waals surface area contributed by atoms with Crippen molar-refractivity contribution in [1.29, 1.82) is 0 Å². The molecule has 1 aromatic heterocycles. The summed E-state index contributed by atoms with van der Waals surface area (Å²) in [6.07, 6.45) is 0.979. The van der Waals surface area contributed by atoms with Crippen molar-refractivity contribution in [1.82, 2.24) is 9.62 Å². The highest BCUT2D eigenvalue weighted by atomic mass is 32.2. The molecule has 0 saturated heterocycles. The summed E-state index contributed by atoms with van der Waals surface area (Å²) in [5, 5.41) is 0. The van der Waals surface area contributed by atoms with Crippen molar-refractivity contribution in [2.45, 2.75) is 50.0 Å². The zero-order valence-corrected chi connectivity index (χ0v) is 20.6. The summed E-state index contributed by atoms with van der Waals surface area (Å²) in [6, 6.07) is 7.58. The van der Waals surface area contributed by atoms with Gasteiger partial charge in [0, 0.05) is 24.4 Å². The highest BCUT2D eigenvalue weighted by molar-refractivity contribution is 7.91. The Kier molecular flexibility index (Phi) is 6.78. The van der Waals surface area contributed by atoms with E-state index in [1.807, 2.05) is 38.1 Å². The van der Waals surface area contributed by atoms with Crippen LogP contribution in [-0.4, -0.2) is 51.5 Å². The van der Waals surface area contributed by atoms with Crippen LogP contribution in [0, 0.1) is 5.92 Å². The van der Waals surface area contributed by atoms with E-state index in [9.17, 15) is 18.0 Å². The van der Waals surface area contributed by atoms with E-state index in [2.05, 4.69) is 4.72 Å². The van der Waals surface area contributed by atoms with Gasteiger partial charge < -0.3 is 14.4 Å². The van der Waals surface area contributed by atoms with Crippen molar-refractivity contribution >= 4 is 33.2 Å². The van der Waals surface area contributed by atoms with Crippen LogP contribution in [0.5, 0.6) is 5.75 Å². The predicted molar refractivity (Wildman–Crippen MR) is 124 cm³/mol. The number of esters is 1. The van der Waals surface area contributed by atoms with Gasteiger partial charge in [0.1, 0.15) is 9.96 Å². The fraction of sp³-hybridized carbons (Fsp3) is 0.478. The van der Waals surface area contributed by atoms with Gasteiger partial charge in [-0.05, 0) is 36.0 Å². The maximum atomic E-state index is 13.1. The summed E-state index contributed by atoms with van der Waals surface area (Å²) in [5.74, 6) is 0.252.